The van der Waals surface area contributed by atoms with Gasteiger partial charge >= 0.3 is 5.97 Å². The third-order valence-corrected chi connectivity index (χ3v) is 3.32. The molecule has 1 aliphatic heterocycles. The van der Waals surface area contributed by atoms with Crippen LogP contribution in [-0.2, 0) is 19.0 Å². The van der Waals surface area contributed by atoms with Crippen molar-refractivity contribution >= 4 is 5.97 Å². The van der Waals surface area contributed by atoms with E-state index in [4.69, 9.17) is 14.2 Å². The second-order valence-electron chi connectivity index (χ2n) is 4.11. The Labute approximate surface area is 83.5 Å². The number of rotatable bonds is 3. The number of epoxide rings is 1. The van der Waals surface area contributed by atoms with Gasteiger partial charge in [-0.1, -0.05) is 0 Å². The maximum atomic E-state index is 11.4. The normalized spacial score (nSPS) is 44.6. The van der Waals surface area contributed by atoms with Crippen LogP contribution in [0.2, 0.25) is 0 Å². The first-order valence-corrected chi connectivity index (χ1v) is 4.98. The highest BCUT2D eigenvalue weighted by Gasteiger charge is 2.77. The van der Waals surface area contributed by atoms with Gasteiger partial charge in [-0.05, 0) is 13.8 Å². The van der Waals surface area contributed by atoms with E-state index in [1.807, 2.05) is 6.92 Å². The standard InChI is InChI=1S/C10H16O4/c1-4-13-7-5-10(6-7)9(2,14-10)8(11)12-3/h7H,4-6H2,1-3H3. The first-order chi connectivity index (χ1) is 6.58. The monoisotopic (exact) mass is 200 g/mol. The molecule has 1 atom stereocenters. The maximum Gasteiger partial charge on any atom is 0.340 e. The second kappa shape index (κ2) is 2.94. The summed E-state index contributed by atoms with van der Waals surface area (Å²) < 4.78 is 15.6. The predicted molar refractivity (Wildman–Crippen MR) is 48.9 cm³/mol. The summed E-state index contributed by atoms with van der Waals surface area (Å²) in [7, 11) is 1.39. The van der Waals surface area contributed by atoms with E-state index >= 15 is 0 Å². The van der Waals surface area contributed by atoms with Crippen LogP contribution in [0, 0.1) is 0 Å². The van der Waals surface area contributed by atoms with E-state index in [9.17, 15) is 4.79 Å². The summed E-state index contributed by atoms with van der Waals surface area (Å²) in [4.78, 5) is 11.4. The van der Waals surface area contributed by atoms with Gasteiger partial charge in [-0.2, -0.15) is 0 Å². The number of hydrogen-bond donors (Lipinski definition) is 0. The summed E-state index contributed by atoms with van der Waals surface area (Å²) in [6.45, 7) is 4.48. The Morgan fingerprint density at radius 1 is 1.57 bits per heavy atom. The highest BCUT2D eigenvalue weighted by molar-refractivity contribution is 5.84. The zero-order valence-electron chi connectivity index (χ0n) is 8.83. The van der Waals surface area contributed by atoms with Crippen molar-refractivity contribution in [2.24, 2.45) is 0 Å². The minimum Gasteiger partial charge on any atom is -0.467 e. The molecule has 1 spiro atoms. The van der Waals surface area contributed by atoms with Gasteiger partial charge in [0.05, 0.1) is 13.2 Å². The Morgan fingerprint density at radius 2 is 2.21 bits per heavy atom. The molecule has 0 aromatic rings. The van der Waals surface area contributed by atoms with Crippen molar-refractivity contribution in [3.63, 3.8) is 0 Å². The van der Waals surface area contributed by atoms with Crippen molar-refractivity contribution in [3.8, 4) is 0 Å². The number of methoxy groups -OCH3 is 1. The fourth-order valence-corrected chi connectivity index (χ4v) is 2.29. The minimum atomic E-state index is -0.713. The topological polar surface area (TPSA) is 48.1 Å². The molecule has 4 heteroatoms. The van der Waals surface area contributed by atoms with E-state index in [2.05, 4.69) is 0 Å². The first-order valence-electron chi connectivity index (χ1n) is 4.98. The van der Waals surface area contributed by atoms with Crippen LogP contribution in [-0.4, -0.2) is 37.0 Å². The smallest absolute Gasteiger partial charge is 0.340 e. The Kier molecular flexibility index (Phi) is 2.08. The van der Waals surface area contributed by atoms with Crippen molar-refractivity contribution in [2.45, 2.75) is 44.0 Å². The molecule has 14 heavy (non-hydrogen) atoms. The average Bonchev–Trinajstić information content (AvgIpc) is 2.72. The lowest BCUT2D eigenvalue weighted by Crippen LogP contribution is -2.46. The van der Waals surface area contributed by atoms with E-state index < -0.39 is 5.60 Å². The van der Waals surface area contributed by atoms with Crippen LogP contribution < -0.4 is 0 Å². The van der Waals surface area contributed by atoms with Crippen molar-refractivity contribution in [1.82, 2.24) is 0 Å². The average molecular weight is 200 g/mol. The molecular formula is C10H16O4. The maximum absolute atomic E-state index is 11.4. The van der Waals surface area contributed by atoms with Crippen LogP contribution in [0.1, 0.15) is 26.7 Å². The van der Waals surface area contributed by atoms with Gasteiger partial charge in [0, 0.05) is 19.4 Å². The van der Waals surface area contributed by atoms with E-state index in [1.165, 1.54) is 7.11 Å². The molecule has 0 radical (unpaired) electrons. The van der Waals surface area contributed by atoms with Crippen LogP contribution in [0.25, 0.3) is 0 Å². The van der Waals surface area contributed by atoms with Gasteiger partial charge in [-0.25, -0.2) is 4.79 Å². The zero-order valence-corrected chi connectivity index (χ0v) is 8.83. The lowest BCUT2D eigenvalue weighted by Gasteiger charge is -2.34. The molecule has 2 fully saturated rings. The molecule has 0 aromatic carbocycles. The number of carbonyl (C=O) groups is 1. The van der Waals surface area contributed by atoms with E-state index in [0.717, 1.165) is 19.4 Å². The third-order valence-electron chi connectivity index (χ3n) is 3.32. The molecule has 80 valence electrons. The van der Waals surface area contributed by atoms with Gasteiger partial charge < -0.3 is 14.2 Å². The van der Waals surface area contributed by atoms with E-state index in [0.29, 0.717) is 0 Å². The number of hydrogen-bond acceptors (Lipinski definition) is 4. The third kappa shape index (κ3) is 1.10. The Morgan fingerprint density at radius 3 is 2.71 bits per heavy atom. The van der Waals surface area contributed by atoms with Crippen LogP contribution in [0.3, 0.4) is 0 Å². The van der Waals surface area contributed by atoms with Gasteiger partial charge in [-0.15, -0.1) is 0 Å². The summed E-state index contributed by atoms with van der Waals surface area (Å²) in [5.74, 6) is -0.271. The molecule has 4 nitrogen and oxygen atoms in total. The summed E-state index contributed by atoms with van der Waals surface area (Å²) in [5.41, 5.74) is -0.991. The SMILES string of the molecule is CCOC1CC2(C1)OC2(C)C(=O)OC. The van der Waals surface area contributed by atoms with Crippen LogP contribution in [0.15, 0.2) is 0 Å². The largest absolute Gasteiger partial charge is 0.467 e. The van der Waals surface area contributed by atoms with Crippen LogP contribution in [0.5, 0.6) is 0 Å². The lowest BCUT2D eigenvalue weighted by molar-refractivity contribution is -0.146. The Hall–Kier alpha value is -0.610. The molecule has 2 aliphatic rings. The Bertz CT molecular complexity index is 257. The molecule has 2 rings (SSSR count). The van der Waals surface area contributed by atoms with Gasteiger partial charge in [0.15, 0.2) is 5.60 Å². The fourth-order valence-electron chi connectivity index (χ4n) is 2.29. The highest BCUT2D eigenvalue weighted by atomic mass is 16.7. The van der Waals surface area contributed by atoms with Gasteiger partial charge in [0.1, 0.15) is 5.60 Å². The molecule has 0 amide bonds. The van der Waals surface area contributed by atoms with Crippen molar-refractivity contribution in [1.29, 1.82) is 0 Å². The summed E-state index contributed by atoms with van der Waals surface area (Å²) in [6.07, 6.45) is 1.88. The lowest BCUT2D eigenvalue weighted by atomic mass is 9.74. The van der Waals surface area contributed by atoms with Crippen molar-refractivity contribution in [2.75, 3.05) is 13.7 Å². The predicted octanol–water partition coefficient (Wildman–Crippen LogP) is 0.886. The van der Waals surface area contributed by atoms with Crippen molar-refractivity contribution < 1.29 is 19.0 Å². The number of esters is 1. The van der Waals surface area contributed by atoms with Crippen LogP contribution >= 0.6 is 0 Å². The molecule has 0 N–H and O–H groups in total. The molecule has 1 saturated carbocycles. The number of ether oxygens (including phenoxy) is 3. The summed E-state index contributed by atoms with van der Waals surface area (Å²) >= 11 is 0. The summed E-state index contributed by atoms with van der Waals surface area (Å²) in [6, 6.07) is 0. The Balaban J connectivity index is 1.90. The molecule has 1 unspecified atom stereocenters. The number of carbonyl (C=O) groups excluding carboxylic acids is 1. The molecule has 1 aliphatic carbocycles. The highest BCUT2D eigenvalue weighted by Crippen LogP contribution is 2.61. The van der Waals surface area contributed by atoms with Gasteiger partial charge in [-0.3, -0.25) is 0 Å². The van der Waals surface area contributed by atoms with E-state index in [1.54, 1.807) is 6.92 Å². The van der Waals surface area contributed by atoms with Gasteiger partial charge in [0.2, 0.25) is 0 Å². The molecule has 0 aromatic heterocycles. The van der Waals surface area contributed by atoms with E-state index in [-0.39, 0.29) is 17.7 Å². The zero-order chi connectivity index (χ0) is 10.4. The van der Waals surface area contributed by atoms with Gasteiger partial charge in [0.25, 0.3) is 0 Å². The summed E-state index contributed by atoms with van der Waals surface area (Å²) in [5, 5.41) is 0. The molecular weight excluding hydrogens is 184 g/mol. The second-order valence-corrected chi connectivity index (χ2v) is 4.11. The van der Waals surface area contributed by atoms with Crippen LogP contribution in [0.4, 0.5) is 0 Å². The van der Waals surface area contributed by atoms with Crippen molar-refractivity contribution in [3.05, 3.63) is 0 Å². The first kappa shape index (κ1) is 9.93. The molecule has 1 heterocycles. The quantitative estimate of drug-likeness (QED) is 0.501. The molecule has 1 saturated heterocycles. The fraction of sp³-hybridized carbons (Fsp3) is 0.900. The minimum absolute atomic E-state index is 0.256. The molecule has 0 bridgehead atoms.